The Hall–Kier alpha value is -2.60. The summed E-state index contributed by atoms with van der Waals surface area (Å²) in [5.74, 6) is -1.11. The van der Waals surface area contributed by atoms with Gasteiger partial charge in [0, 0.05) is 16.1 Å². The van der Waals surface area contributed by atoms with Crippen LogP contribution in [0.5, 0.6) is 5.75 Å². The molecule has 1 atom stereocenters. The predicted octanol–water partition coefficient (Wildman–Crippen LogP) is 4.27. The number of carboxylic acid groups (broad SMARTS) is 1. The number of hydrogen-bond acceptors (Lipinski definition) is 3. The quantitative estimate of drug-likeness (QED) is 0.611. The van der Waals surface area contributed by atoms with E-state index in [2.05, 4.69) is 21.2 Å². The van der Waals surface area contributed by atoms with Crippen LogP contribution in [0.15, 0.2) is 59.1 Å². The average Bonchev–Trinajstić information content (AvgIpc) is 2.64. The molecule has 0 radical (unpaired) electrons. The summed E-state index contributed by atoms with van der Waals surface area (Å²) in [6.45, 7) is 3.89. The van der Waals surface area contributed by atoms with Crippen molar-refractivity contribution >= 4 is 33.9 Å². The average molecular weight is 432 g/mol. The molecule has 142 valence electrons. The molecule has 0 aliphatic heterocycles. The summed E-state index contributed by atoms with van der Waals surface area (Å²) in [7, 11) is 0. The predicted molar refractivity (Wildman–Crippen MR) is 108 cm³/mol. The summed E-state index contributed by atoms with van der Waals surface area (Å²) >= 11 is 3.41. The standard InChI is InChI=1S/C21H22BrNO4/c1-14(2)20(21(25)26)23-19(24)11-8-16-12-17(22)9-10-18(16)27-13-15-6-4-3-5-7-15/h3-12,14,20H,13H2,1-2H3,(H,23,24)(H,25,26)/b11-8+/t20-/m1/s1. The van der Waals surface area contributed by atoms with E-state index in [-0.39, 0.29) is 5.92 Å². The SMILES string of the molecule is CC(C)[C@@H](NC(=O)/C=C/c1cc(Br)ccc1OCc1ccccc1)C(=O)O. The Morgan fingerprint density at radius 1 is 1.19 bits per heavy atom. The van der Waals surface area contributed by atoms with E-state index in [1.807, 2.05) is 48.5 Å². The third-order valence-corrected chi connectivity index (χ3v) is 4.35. The fraction of sp³-hybridized carbons (Fsp3) is 0.238. The Morgan fingerprint density at radius 2 is 1.89 bits per heavy atom. The topological polar surface area (TPSA) is 75.6 Å². The molecule has 0 aromatic heterocycles. The van der Waals surface area contributed by atoms with Crippen LogP contribution < -0.4 is 10.1 Å². The normalized spacial score (nSPS) is 12.1. The minimum absolute atomic E-state index is 0.213. The lowest BCUT2D eigenvalue weighted by Crippen LogP contribution is -2.43. The molecule has 2 aromatic carbocycles. The van der Waals surface area contributed by atoms with Gasteiger partial charge in [0.1, 0.15) is 18.4 Å². The van der Waals surface area contributed by atoms with E-state index in [9.17, 15) is 14.7 Å². The highest BCUT2D eigenvalue weighted by atomic mass is 79.9. The lowest BCUT2D eigenvalue weighted by atomic mass is 10.0. The van der Waals surface area contributed by atoms with Crippen LogP contribution in [0.4, 0.5) is 0 Å². The highest BCUT2D eigenvalue weighted by Crippen LogP contribution is 2.25. The van der Waals surface area contributed by atoms with Crippen LogP contribution >= 0.6 is 15.9 Å². The Labute approximate surface area is 167 Å². The van der Waals surface area contributed by atoms with Crippen molar-refractivity contribution in [3.63, 3.8) is 0 Å². The lowest BCUT2D eigenvalue weighted by Gasteiger charge is -2.16. The van der Waals surface area contributed by atoms with Crippen molar-refractivity contribution in [1.29, 1.82) is 0 Å². The number of carbonyl (C=O) groups is 2. The van der Waals surface area contributed by atoms with Crippen molar-refractivity contribution in [1.82, 2.24) is 5.32 Å². The second-order valence-corrected chi connectivity index (χ2v) is 7.27. The zero-order chi connectivity index (χ0) is 19.8. The van der Waals surface area contributed by atoms with Crippen molar-refractivity contribution in [2.45, 2.75) is 26.5 Å². The number of carboxylic acids is 1. The summed E-state index contributed by atoms with van der Waals surface area (Å²) < 4.78 is 6.72. The number of rotatable bonds is 8. The molecular formula is C21H22BrNO4. The summed E-state index contributed by atoms with van der Waals surface area (Å²) in [4.78, 5) is 23.3. The fourth-order valence-corrected chi connectivity index (χ4v) is 2.78. The highest BCUT2D eigenvalue weighted by molar-refractivity contribution is 9.10. The molecule has 0 heterocycles. The van der Waals surface area contributed by atoms with Gasteiger partial charge in [0.05, 0.1) is 0 Å². The van der Waals surface area contributed by atoms with Gasteiger partial charge in [-0.25, -0.2) is 4.79 Å². The molecule has 27 heavy (non-hydrogen) atoms. The molecule has 5 nitrogen and oxygen atoms in total. The van der Waals surface area contributed by atoms with E-state index in [4.69, 9.17) is 4.74 Å². The number of carbonyl (C=O) groups excluding carboxylic acids is 1. The van der Waals surface area contributed by atoms with Crippen LogP contribution in [-0.2, 0) is 16.2 Å². The molecule has 0 aliphatic rings. The molecule has 0 spiro atoms. The Bertz CT molecular complexity index is 818. The van der Waals surface area contributed by atoms with E-state index < -0.39 is 17.9 Å². The molecule has 2 N–H and O–H groups in total. The largest absolute Gasteiger partial charge is 0.488 e. The van der Waals surface area contributed by atoms with Gasteiger partial charge >= 0.3 is 5.97 Å². The number of hydrogen-bond donors (Lipinski definition) is 2. The van der Waals surface area contributed by atoms with Crippen molar-refractivity contribution < 1.29 is 19.4 Å². The van der Waals surface area contributed by atoms with Crippen LogP contribution in [0.25, 0.3) is 6.08 Å². The zero-order valence-electron chi connectivity index (χ0n) is 15.2. The van der Waals surface area contributed by atoms with E-state index in [1.54, 1.807) is 19.9 Å². The van der Waals surface area contributed by atoms with Gasteiger partial charge in [0.2, 0.25) is 5.91 Å². The van der Waals surface area contributed by atoms with E-state index in [1.165, 1.54) is 6.08 Å². The van der Waals surface area contributed by atoms with Crippen LogP contribution in [0.3, 0.4) is 0 Å². The second kappa shape index (κ2) is 9.92. The maximum absolute atomic E-state index is 12.1. The lowest BCUT2D eigenvalue weighted by molar-refractivity contribution is -0.142. The Balaban J connectivity index is 2.10. The van der Waals surface area contributed by atoms with Crippen LogP contribution in [0.1, 0.15) is 25.0 Å². The first-order valence-corrected chi connectivity index (χ1v) is 9.33. The molecule has 0 saturated carbocycles. The Kier molecular flexibility index (Phi) is 7.61. The summed E-state index contributed by atoms with van der Waals surface area (Å²) in [5.41, 5.74) is 1.75. The van der Waals surface area contributed by atoms with Gasteiger partial charge in [-0.3, -0.25) is 4.79 Å². The summed E-state index contributed by atoms with van der Waals surface area (Å²) in [6, 6.07) is 14.4. The van der Waals surface area contributed by atoms with Gasteiger partial charge in [-0.05, 0) is 35.8 Å². The highest BCUT2D eigenvalue weighted by Gasteiger charge is 2.22. The van der Waals surface area contributed by atoms with E-state index in [0.717, 1.165) is 10.0 Å². The zero-order valence-corrected chi connectivity index (χ0v) is 16.8. The van der Waals surface area contributed by atoms with Gasteiger partial charge < -0.3 is 15.2 Å². The van der Waals surface area contributed by atoms with Crippen molar-refractivity contribution in [3.8, 4) is 5.75 Å². The minimum atomic E-state index is -1.05. The number of ether oxygens (including phenoxy) is 1. The molecular weight excluding hydrogens is 410 g/mol. The van der Waals surface area contributed by atoms with Gasteiger partial charge in [-0.15, -0.1) is 0 Å². The molecule has 0 saturated heterocycles. The van der Waals surface area contributed by atoms with Gasteiger partial charge in [-0.2, -0.15) is 0 Å². The number of benzene rings is 2. The first-order chi connectivity index (χ1) is 12.9. The van der Waals surface area contributed by atoms with E-state index in [0.29, 0.717) is 17.9 Å². The molecule has 2 aromatic rings. The molecule has 0 fully saturated rings. The van der Waals surface area contributed by atoms with Gasteiger partial charge in [0.15, 0.2) is 0 Å². The second-order valence-electron chi connectivity index (χ2n) is 6.36. The van der Waals surface area contributed by atoms with Crippen molar-refractivity contribution in [2.24, 2.45) is 5.92 Å². The first-order valence-electron chi connectivity index (χ1n) is 8.54. The summed E-state index contributed by atoms with van der Waals surface area (Å²) in [6.07, 6.45) is 2.93. The van der Waals surface area contributed by atoms with Gasteiger partial charge in [0.25, 0.3) is 0 Å². The molecule has 1 amide bonds. The number of nitrogens with one attached hydrogen (secondary N) is 1. The van der Waals surface area contributed by atoms with Crippen LogP contribution in [-0.4, -0.2) is 23.0 Å². The third-order valence-electron chi connectivity index (χ3n) is 3.85. The minimum Gasteiger partial charge on any atom is -0.488 e. The molecule has 0 bridgehead atoms. The maximum Gasteiger partial charge on any atom is 0.326 e. The number of halogens is 1. The monoisotopic (exact) mass is 431 g/mol. The third kappa shape index (κ3) is 6.57. The fourth-order valence-electron chi connectivity index (χ4n) is 2.40. The molecule has 0 aliphatic carbocycles. The van der Waals surface area contributed by atoms with Crippen molar-refractivity contribution in [3.05, 3.63) is 70.2 Å². The van der Waals surface area contributed by atoms with Crippen molar-refractivity contribution in [2.75, 3.05) is 0 Å². The maximum atomic E-state index is 12.1. The van der Waals surface area contributed by atoms with Crippen LogP contribution in [0, 0.1) is 5.92 Å². The Morgan fingerprint density at radius 3 is 2.52 bits per heavy atom. The smallest absolute Gasteiger partial charge is 0.326 e. The summed E-state index contributed by atoms with van der Waals surface area (Å²) in [5, 5.41) is 11.7. The molecule has 0 unspecified atom stereocenters. The van der Waals surface area contributed by atoms with Crippen LogP contribution in [0.2, 0.25) is 0 Å². The molecule has 6 heteroatoms. The number of amides is 1. The van der Waals surface area contributed by atoms with E-state index >= 15 is 0 Å². The van der Waals surface area contributed by atoms with Gasteiger partial charge in [-0.1, -0.05) is 60.1 Å². The number of aliphatic carboxylic acids is 1. The molecule has 2 rings (SSSR count). The first kappa shape index (κ1) is 20.7.